The Morgan fingerprint density at radius 3 is 2.06 bits per heavy atom. The van der Waals surface area contributed by atoms with Crippen molar-refractivity contribution in [3.8, 4) is 0 Å². The molecule has 0 spiro atoms. The summed E-state index contributed by atoms with van der Waals surface area (Å²) >= 11 is 0. The van der Waals surface area contributed by atoms with Gasteiger partial charge in [-0.2, -0.15) is 0 Å². The second kappa shape index (κ2) is 5.32. The van der Waals surface area contributed by atoms with Crippen LogP contribution in [0.5, 0.6) is 0 Å². The Kier molecular flexibility index (Phi) is 3.58. The molecule has 0 saturated heterocycles. The molecule has 0 heterocycles. The summed E-state index contributed by atoms with van der Waals surface area (Å²) in [5.74, 6) is 0. The van der Waals surface area contributed by atoms with E-state index in [1.165, 1.54) is 0 Å². The Bertz CT molecular complexity index is 477. The van der Waals surface area contributed by atoms with Crippen LogP contribution in [-0.2, 0) is 0 Å². The first-order chi connectivity index (χ1) is 8.27. The molecule has 0 aliphatic rings. The Labute approximate surface area is 102 Å². The summed E-state index contributed by atoms with van der Waals surface area (Å²) in [6.45, 7) is 4.00. The second-order valence-corrected chi connectivity index (χ2v) is 3.88. The van der Waals surface area contributed by atoms with Gasteiger partial charge in [0.15, 0.2) is 0 Å². The highest BCUT2D eigenvalue weighted by Crippen LogP contribution is 2.13. The van der Waals surface area contributed by atoms with Crippen LogP contribution >= 0.6 is 0 Å². The van der Waals surface area contributed by atoms with Gasteiger partial charge in [-0.15, -0.1) is 0 Å². The van der Waals surface area contributed by atoms with Crippen LogP contribution in [-0.4, -0.2) is 0 Å². The Hall–Kier alpha value is -2.06. The monoisotopic (exact) mass is 224 g/mol. The molecule has 86 valence electrons. The summed E-state index contributed by atoms with van der Waals surface area (Å²) in [5, 5.41) is 3.20. The fourth-order valence-electron chi connectivity index (χ4n) is 1.65. The molecular formula is C15H16N2. The minimum absolute atomic E-state index is 0.232. The summed E-state index contributed by atoms with van der Waals surface area (Å²) in [5.41, 5.74) is 9.00. The summed E-state index contributed by atoms with van der Waals surface area (Å²) < 4.78 is 0. The highest BCUT2D eigenvalue weighted by atomic mass is 15.0. The second-order valence-electron chi connectivity index (χ2n) is 3.88. The van der Waals surface area contributed by atoms with Gasteiger partial charge >= 0.3 is 0 Å². The Balaban J connectivity index is 2.05. The van der Waals surface area contributed by atoms with Crippen molar-refractivity contribution < 1.29 is 0 Å². The lowest BCUT2D eigenvalue weighted by Crippen LogP contribution is -2.26. The van der Waals surface area contributed by atoms with Gasteiger partial charge in [0, 0.05) is 5.70 Å². The molecule has 17 heavy (non-hydrogen) atoms. The largest absolute Gasteiger partial charge is 0.366 e. The van der Waals surface area contributed by atoms with Crippen molar-refractivity contribution in [2.45, 2.75) is 6.17 Å². The molecule has 0 fully saturated rings. The van der Waals surface area contributed by atoms with Gasteiger partial charge in [0.1, 0.15) is 6.17 Å². The zero-order valence-electron chi connectivity index (χ0n) is 9.64. The molecule has 0 aromatic heterocycles. The minimum Gasteiger partial charge on any atom is -0.366 e. The van der Waals surface area contributed by atoms with Crippen molar-refractivity contribution in [2.75, 3.05) is 0 Å². The van der Waals surface area contributed by atoms with Crippen molar-refractivity contribution in [1.82, 2.24) is 5.32 Å². The predicted octanol–water partition coefficient (Wildman–Crippen LogP) is 2.90. The van der Waals surface area contributed by atoms with Crippen molar-refractivity contribution >= 4 is 5.70 Å². The van der Waals surface area contributed by atoms with Gasteiger partial charge in [-0.1, -0.05) is 67.2 Å². The van der Waals surface area contributed by atoms with Crippen molar-refractivity contribution in [1.29, 1.82) is 0 Å². The first-order valence-electron chi connectivity index (χ1n) is 5.59. The van der Waals surface area contributed by atoms with Crippen molar-refractivity contribution in [3.05, 3.63) is 78.4 Å². The SMILES string of the molecule is C=C(NC(N)c1ccccc1)c1ccccc1. The quantitative estimate of drug-likeness (QED) is 0.784. The molecule has 0 aliphatic heterocycles. The lowest BCUT2D eigenvalue weighted by atomic mass is 10.1. The number of benzene rings is 2. The zero-order chi connectivity index (χ0) is 12.1. The third-order valence-corrected chi connectivity index (χ3v) is 2.61. The van der Waals surface area contributed by atoms with Gasteiger partial charge in [0.05, 0.1) is 0 Å². The smallest absolute Gasteiger partial charge is 0.101 e. The van der Waals surface area contributed by atoms with E-state index >= 15 is 0 Å². The predicted molar refractivity (Wildman–Crippen MR) is 72.0 cm³/mol. The van der Waals surface area contributed by atoms with E-state index in [-0.39, 0.29) is 6.17 Å². The molecule has 2 rings (SSSR count). The topological polar surface area (TPSA) is 38.0 Å². The highest BCUT2D eigenvalue weighted by Gasteiger charge is 2.06. The van der Waals surface area contributed by atoms with E-state index in [4.69, 9.17) is 5.73 Å². The highest BCUT2D eigenvalue weighted by molar-refractivity contribution is 5.61. The molecule has 0 saturated carbocycles. The van der Waals surface area contributed by atoms with Gasteiger partial charge in [-0.05, 0) is 11.1 Å². The van der Waals surface area contributed by atoms with Crippen LogP contribution in [0.1, 0.15) is 17.3 Å². The average molecular weight is 224 g/mol. The molecule has 1 atom stereocenters. The van der Waals surface area contributed by atoms with Crippen LogP contribution in [0.15, 0.2) is 67.2 Å². The summed E-state index contributed by atoms with van der Waals surface area (Å²) in [4.78, 5) is 0. The van der Waals surface area contributed by atoms with Gasteiger partial charge in [-0.25, -0.2) is 0 Å². The molecule has 2 nitrogen and oxygen atoms in total. The van der Waals surface area contributed by atoms with Crippen LogP contribution in [0.2, 0.25) is 0 Å². The van der Waals surface area contributed by atoms with E-state index in [1.807, 2.05) is 60.7 Å². The minimum atomic E-state index is -0.232. The zero-order valence-corrected chi connectivity index (χ0v) is 9.64. The summed E-state index contributed by atoms with van der Waals surface area (Å²) in [7, 11) is 0. The van der Waals surface area contributed by atoms with Crippen molar-refractivity contribution in [3.63, 3.8) is 0 Å². The molecule has 3 N–H and O–H groups in total. The van der Waals surface area contributed by atoms with Crippen LogP contribution < -0.4 is 11.1 Å². The number of hydrogen-bond acceptors (Lipinski definition) is 2. The molecule has 0 aliphatic carbocycles. The molecule has 2 aromatic rings. The first-order valence-corrected chi connectivity index (χ1v) is 5.59. The van der Waals surface area contributed by atoms with Crippen LogP contribution in [0.25, 0.3) is 5.70 Å². The maximum atomic E-state index is 6.06. The van der Waals surface area contributed by atoms with Gasteiger partial charge in [0.2, 0.25) is 0 Å². The van der Waals surface area contributed by atoms with E-state index in [2.05, 4.69) is 11.9 Å². The maximum absolute atomic E-state index is 6.06. The third kappa shape index (κ3) is 2.95. The van der Waals surface area contributed by atoms with E-state index in [0.29, 0.717) is 0 Å². The van der Waals surface area contributed by atoms with Crippen LogP contribution in [0.3, 0.4) is 0 Å². The number of nitrogens with one attached hydrogen (secondary N) is 1. The van der Waals surface area contributed by atoms with Crippen LogP contribution in [0.4, 0.5) is 0 Å². The molecule has 0 amide bonds. The molecule has 2 aromatic carbocycles. The average Bonchev–Trinajstić information content (AvgIpc) is 2.40. The molecule has 0 radical (unpaired) electrons. The Morgan fingerprint density at radius 1 is 0.941 bits per heavy atom. The molecule has 0 bridgehead atoms. The lowest BCUT2D eigenvalue weighted by molar-refractivity contribution is 0.668. The van der Waals surface area contributed by atoms with Gasteiger partial charge in [-0.3, -0.25) is 0 Å². The van der Waals surface area contributed by atoms with Gasteiger partial charge in [0.25, 0.3) is 0 Å². The maximum Gasteiger partial charge on any atom is 0.101 e. The first kappa shape index (κ1) is 11.4. The van der Waals surface area contributed by atoms with E-state index in [9.17, 15) is 0 Å². The summed E-state index contributed by atoms with van der Waals surface area (Å²) in [6, 6.07) is 19.9. The van der Waals surface area contributed by atoms with Crippen molar-refractivity contribution in [2.24, 2.45) is 5.73 Å². The van der Waals surface area contributed by atoms with E-state index in [0.717, 1.165) is 16.8 Å². The fourth-order valence-corrected chi connectivity index (χ4v) is 1.65. The normalized spacial score (nSPS) is 11.8. The number of hydrogen-bond donors (Lipinski definition) is 2. The Morgan fingerprint density at radius 2 is 1.47 bits per heavy atom. The molecule has 2 heteroatoms. The number of rotatable bonds is 4. The fraction of sp³-hybridized carbons (Fsp3) is 0.0667. The lowest BCUT2D eigenvalue weighted by Gasteiger charge is -2.17. The van der Waals surface area contributed by atoms with Gasteiger partial charge < -0.3 is 11.1 Å². The molecular weight excluding hydrogens is 208 g/mol. The standard InChI is InChI=1S/C15H16N2/c1-12(13-8-4-2-5-9-13)17-15(16)14-10-6-3-7-11-14/h2-11,15,17H,1,16H2. The van der Waals surface area contributed by atoms with E-state index < -0.39 is 0 Å². The van der Waals surface area contributed by atoms with Crippen LogP contribution in [0, 0.1) is 0 Å². The molecule has 1 unspecified atom stereocenters. The number of nitrogens with two attached hydrogens (primary N) is 1. The van der Waals surface area contributed by atoms with E-state index in [1.54, 1.807) is 0 Å². The summed E-state index contributed by atoms with van der Waals surface area (Å²) in [6.07, 6.45) is -0.232. The third-order valence-electron chi connectivity index (χ3n) is 2.61.